The third kappa shape index (κ3) is 4.73. The monoisotopic (exact) mass is 346 g/mol. The Bertz CT molecular complexity index is 744. The molecule has 0 aromatic heterocycles. The van der Waals surface area contributed by atoms with Gasteiger partial charge in [-0.3, -0.25) is 9.59 Å². The molecule has 2 aromatic rings. The quantitative estimate of drug-likeness (QED) is 0.843. The molecule has 0 saturated heterocycles. The van der Waals surface area contributed by atoms with Crippen LogP contribution in [0, 0.1) is 6.92 Å². The molecule has 0 aliphatic carbocycles. The molecule has 1 unspecified atom stereocenters. The summed E-state index contributed by atoms with van der Waals surface area (Å²) in [4.78, 5) is 23.5. The van der Waals surface area contributed by atoms with Gasteiger partial charge < -0.3 is 15.8 Å². The first-order chi connectivity index (χ1) is 11.4. The van der Waals surface area contributed by atoms with Crippen molar-refractivity contribution in [1.29, 1.82) is 0 Å². The molecule has 0 radical (unpaired) electrons. The van der Waals surface area contributed by atoms with E-state index < -0.39 is 5.91 Å². The highest BCUT2D eigenvalue weighted by Crippen LogP contribution is 2.20. The SMILES string of the molecule is Cc1ccc(C(N)=O)c(OCC(=O)NC(C)c2ccc(Cl)cc2)c1. The third-order valence-electron chi connectivity index (χ3n) is 3.51. The number of rotatable bonds is 6. The number of carbonyl (C=O) groups is 2. The van der Waals surface area contributed by atoms with Gasteiger partial charge in [0.2, 0.25) is 0 Å². The van der Waals surface area contributed by atoms with Crippen LogP contribution in [-0.2, 0) is 4.79 Å². The van der Waals surface area contributed by atoms with Crippen molar-refractivity contribution >= 4 is 23.4 Å². The van der Waals surface area contributed by atoms with E-state index in [9.17, 15) is 9.59 Å². The summed E-state index contributed by atoms with van der Waals surface area (Å²) in [6, 6.07) is 12.1. The minimum absolute atomic E-state index is 0.188. The van der Waals surface area contributed by atoms with E-state index in [-0.39, 0.29) is 24.1 Å². The van der Waals surface area contributed by atoms with E-state index in [1.165, 1.54) is 0 Å². The number of carbonyl (C=O) groups excluding carboxylic acids is 2. The lowest BCUT2D eigenvalue weighted by Crippen LogP contribution is -2.31. The van der Waals surface area contributed by atoms with Gasteiger partial charge in [0.05, 0.1) is 11.6 Å². The van der Waals surface area contributed by atoms with Crippen LogP contribution >= 0.6 is 11.6 Å². The van der Waals surface area contributed by atoms with E-state index in [0.29, 0.717) is 10.8 Å². The highest BCUT2D eigenvalue weighted by molar-refractivity contribution is 6.30. The average Bonchev–Trinajstić information content (AvgIpc) is 2.53. The first kappa shape index (κ1) is 17.8. The van der Waals surface area contributed by atoms with E-state index >= 15 is 0 Å². The van der Waals surface area contributed by atoms with Crippen LogP contribution in [0.2, 0.25) is 5.02 Å². The zero-order valence-corrected chi connectivity index (χ0v) is 14.3. The molecule has 0 bridgehead atoms. The molecule has 0 aliphatic rings. The fraction of sp³-hybridized carbons (Fsp3) is 0.222. The number of benzene rings is 2. The number of amides is 2. The lowest BCUT2D eigenvalue weighted by Gasteiger charge is -2.15. The second-order valence-corrected chi connectivity index (χ2v) is 5.93. The number of nitrogens with one attached hydrogen (secondary N) is 1. The van der Waals surface area contributed by atoms with Crippen molar-refractivity contribution in [2.24, 2.45) is 5.73 Å². The van der Waals surface area contributed by atoms with E-state index in [1.54, 1.807) is 30.3 Å². The molecule has 1 atom stereocenters. The Kier molecular flexibility index (Phi) is 5.82. The van der Waals surface area contributed by atoms with Crippen LogP contribution in [0.3, 0.4) is 0 Å². The maximum Gasteiger partial charge on any atom is 0.258 e. The molecular weight excluding hydrogens is 328 g/mol. The number of primary amides is 1. The van der Waals surface area contributed by atoms with Crippen LogP contribution in [-0.4, -0.2) is 18.4 Å². The van der Waals surface area contributed by atoms with Crippen LogP contribution in [0.25, 0.3) is 0 Å². The smallest absolute Gasteiger partial charge is 0.258 e. The summed E-state index contributed by atoms with van der Waals surface area (Å²) >= 11 is 5.85. The fourth-order valence-corrected chi connectivity index (χ4v) is 2.34. The van der Waals surface area contributed by atoms with E-state index in [2.05, 4.69) is 5.32 Å². The predicted octanol–water partition coefficient (Wildman–Crippen LogP) is 3.00. The molecule has 2 amide bonds. The zero-order valence-electron chi connectivity index (χ0n) is 13.5. The van der Waals surface area contributed by atoms with Crippen molar-refractivity contribution in [2.75, 3.05) is 6.61 Å². The summed E-state index contributed by atoms with van der Waals surface area (Å²) < 4.78 is 5.46. The van der Waals surface area contributed by atoms with E-state index in [1.807, 2.05) is 26.0 Å². The van der Waals surface area contributed by atoms with Crippen LogP contribution in [0.15, 0.2) is 42.5 Å². The molecule has 0 saturated carbocycles. The number of nitrogens with two attached hydrogens (primary N) is 1. The second kappa shape index (κ2) is 7.84. The maximum absolute atomic E-state index is 12.1. The zero-order chi connectivity index (χ0) is 17.7. The van der Waals surface area contributed by atoms with Crippen LogP contribution in [0.5, 0.6) is 5.75 Å². The van der Waals surface area contributed by atoms with Gasteiger partial charge in [-0.05, 0) is 49.2 Å². The van der Waals surface area contributed by atoms with Gasteiger partial charge in [0.25, 0.3) is 11.8 Å². The summed E-state index contributed by atoms with van der Waals surface area (Å²) in [5.41, 5.74) is 7.40. The largest absolute Gasteiger partial charge is 0.483 e. The Balaban J connectivity index is 1.97. The minimum atomic E-state index is -0.597. The summed E-state index contributed by atoms with van der Waals surface area (Å²) in [6.07, 6.45) is 0. The van der Waals surface area contributed by atoms with Gasteiger partial charge in [-0.2, -0.15) is 0 Å². The van der Waals surface area contributed by atoms with Gasteiger partial charge in [0.1, 0.15) is 5.75 Å². The molecule has 0 heterocycles. The Morgan fingerprint density at radius 3 is 2.50 bits per heavy atom. The Labute approximate surface area is 145 Å². The van der Waals surface area contributed by atoms with Crippen molar-refractivity contribution in [3.63, 3.8) is 0 Å². The molecular formula is C18H19ClN2O3. The average molecular weight is 347 g/mol. The second-order valence-electron chi connectivity index (χ2n) is 5.49. The topological polar surface area (TPSA) is 81.4 Å². The first-order valence-electron chi connectivity index (χ1n) is 7.45. The predicted molar refractivity (Wildman–Crippen MR) is 93.2 cm³/mol. The number of hydrogen-bond donors (Lipinski definition) is 2. The van der Waals surface area contributed by atoms with Crippen molar-refractivity contribution in [2.45, 2.75) is 19.9 Å². The first-order valence-corrected chi connectivity index (χ1v) is 7.82. The van der Waals surface area contributed by atoms with Crippen molar-refractivity contribution in [3.05, 3.63) is 64.2 Å². The van der Waals surface area contributed by atoms with Crippen molar-refractivity contribution in [1.82, 2.24) is 5.32 Å². The highest BCUT2D eigenvalue weighted by Gasteiger charge is 2.13. The van der Waals surface area contributed by atoms with Gasteiger partial charge in [-0.25, -0.2) is 0 Å². The molecule has 24 heavy (non-hydrogen) atoms. The van der Waals surface area contributed by atoms with Gasteiger partial charge in [0, 0.05) is 5.02 Å². The summed E-state index contributed by atoms with van der Waals surface area (Å²) in [7, 11) is 0. The Hall–Kier alpha value is -2.53. The Morgan fingerprint density at radius 1 is 1.21 bits per heavy atom. The van der Waals surface area contributed by atoms with Gasteiger partial charge in [-0.15, -0.1) is 0 Å². The van der Waals surface area contributed by atoms with Crippen LogP contribution in [0.4, 0.5) is 0 Å². The molecule has 0 fully saturated rings. The molecule has 5 nitrogen and oxygen atoms in total. The molecule has 3 N–H and O–H groups in total. The lowest BCUT2D eigenvalue weighted by atomic mass is 10.1. The molecule has 6 heteroatoms. The standard InChI is InChI=1S/C18H19ClN2O3/c1-11-3-8-15(18(20)23)16(9-11)24-10-17(22)21-12(2)13-4-6-14(19)7-5-13/h3-9,12H,10H2,1-2H3,(H2,20,23)(H,21,22). The van der Waals surface area contributed by atoms with Crippen molar-refractivity contribution in [3.8, 4) is 5.75 Å². The summed E-state index contributed by atoms with van der Waals surface area (Å²) in [5, 5.41) is 3.46. The molecule has 126 valence electrons. The summed E-state index contributed by atoms with van der Waals surface area (Å²) in [5.74, 6) is -0.592. The van der Waals surface area contributed by atoms with Crippen LogP contribution < -0.4 is 15.8 Å². The molecule has 0 aliphatic heterocycles. The number of hydrogen-bond acceptors (Lipinski definition) is 3. The summed E-state index contributed by atoms with van der Waals surface area (Å²) in [6.45, 7) is 3.52. The lowest BCUT2D eigenvalue weighted by molar-refractivity contribution is -0.123. The Morgan fingerprint density at radius 2 is 1.88 bits per heavy atom. The van der Waals surface area contributed by atoms with Crippen molar-refractivity contribution < 1.29 is 14.3 Å². The van der Waals surface area contributed by atoms with E-state index in [4.69, 9.17) is 22.1 Å². The number of halogens is 1. The highest BCUT2D eigenvalue weighted by atomic mass is 35.5. The normalized spacial score (nSPS) is 11.6. The van der Waals surface area contributed by atoms with Gasteiger partial charge in [0.15, 0.2) is 6.61 Å². The fourth-order valence-electron chi connectivity index (χ4n) is 2.21. The number of ether oxygens (including phenoxy) is 1. The van der Waals surface area contributed by atoms with Gasteiger partial charge in [-0.1, -0.05) is 29.8 Å². The molecule has 2 rings (SSSR count). The number of aryl methyl sites for hydroxylation is 1. The third-order valence-corrected chi connectivity index (χ3v) is 3.76. The van der Waals surface area contributed by atoms with Crippen LogP contribution in [0.1, 0.15) is 34.5 Å². The molecule has 0 spiro atoms. The molecule has 2 aromatic carbocycles. The van der Waals surface area contributed by atoms with E-state index in [0.717, 1.165) is 11.1 Å². The maximum atomic E-state index is 12.1. The minimum Gasteiger partial charge on any atom is -0.483 e. The van der Waals surface area contributed by atoms with Gasteiger partial charge >= 0.3 is 0 Å².